The minimum Gasteiger partial charge on any atom is -0.380 e. The van der Waals surface area contributed by atoms with Crippen molar-refractivity contribution in [2.24, 2.45) is 0 Å². The number of aryl methyl sites for hydroxylation is 1. The molecule has 13 heavy (non-hydrogen) atoms. The summed E-state index contributed by atoms with van der Waals surface area (Å²) in [7, 11) is 0. The van der Waals surface area contributed by atoms with E-state index in [1.165, 1.54) is 5.56 Å². The first-order chi connectivity index (χ1) is 5.36. The molecule has 3 nitrogen and oxygen atoms in total. The summed E-state index contributed by atoms with van der Waals surface area (Å²) in [5, 5.41) is 6.49. The van der Waals surface area contributed by atoms with E-state index < -0.39 is 0 Å². The standard InChI is InChI=1S/C8H11N3.2ClH/c1-6-4-7-8(11-5-6)10-3-2-9-7;;/h4-5,9H,2-3H2,1H3,(H,10,11);2*1H. The monoisotopic (exact) mass is 221 g/mol. The van der Waals surface area contributed by atoms with Crippen LogP contribution in [-0.2, 0) is 0 Å². The van der Waals surface area contributed by atoms with Crippen LogP contribution < -0.4 is 10.6 Å². The lowest BCUT2D eigenvalue weighted by Gasteiger charge is -2.18. The molecule has 1 aliphatic heterocycles. The van der Waals surface area contributed by atoms with Crippen LogP contribution in [0.1, 0.15) is 5.56 Å². The highest BCUT2D eigenvalue weighted by atomic mass is 35.5. The summed E-state index contributed by atoms with van der Waals surface area (Å²) in [5.74, 6) is 0.974. The van der Waals surface area contributed by atoms with Crippen LogP contribution in [0.2, 0.25) is 0 Å². The highest BCUT2D eigenvalue weighted by Crippen LogP contribution is 2.21. The van der Waals surface area contributed by atoms with Gasteiger partial charge in [-0.3, -0.25) is 0 Å². The van der Waals surface area contributed by atoms with Gasteiger partial charge in [0.25, 0.3) is 0 Å². The smallest absolute Gasteiger partial charge is 0.149 e. The van der Waals surface area contributed by atoms with Crippen molar-refractivity contribution in [3.05, 3.63) is 17.8 Å². The SMILES string of the molecule is Cc1cnc2c(c1)NCCN2.Cl.Cl. The highest BCUT2D eigenvalue weighted by Gasteiger charge is 2.07. The molecule has 1 aromatic rings. The Balaban J connectivity index is 0.000000720. The molecule has 2 N–H and O–H groups in total. The van der Waals surface area contributed by atoms with E-state index in [4.69, 9.17) is 0 Å². The van der Waals surface area contributed by atoms with E-state index in [9.17, 15) is 0 Å². The van der Waals surface area contributed by atoms with Gasteiger partial charge in [-0.1, -0.05) is 0 Å². The number of anilines is 2. The Morgan fingerprint density at radius 3 is 2.69 bits per heavy atom. The van der Waals surface area contributed by atoms with Crippen molar-refractivity contribution >= 4 is 36.3 Å². The molecule has 5 heteroatoms. The Bertz CT molecular complexity index is 278. The summed E-state index contributed by atoms with van der Waals surface area (Å²) in [6.07, 6.45) is 1.87. The summed E-state index contributed by atoms with van der Waals surface area (Å²) in [4.78, 5) is 4.25. The lowest BCUT2D eigenvalue weighted by molar-refractivity contribution is 1.01. The average Bonchev–Trinajstić information content (AvgIpc) is 2.04. The fourth-order valence-electron chi connectivity index (χ4n) is 1.22. The molecule has 0 saturated carbocycles. The zero-order chi connectivity index (χ0) is 7.68. The van der Waals surface area contributed by atoms with Crippen LogP contribution in [0, 0.1) is 6.92 Å². The number of nitrogens with one attached hydrogen (secondary N) is 2. The van der Waals surface area contributed by atoms with Gasteiger partial charge in [0, 0.05) is 19.3 Å². The van der Waals surface area contributed by atoms with Gasteiger partial charge in [0.1, 0.15) is 5.82 Å². The van der Waals surface area contributed by atoms with Crippen molar-refractivity contribution in [2.75, 3.05) is 23.7 Å². The molecule has 0 spiro atoms. The average molecular weight is 222 g/mol. The van der Waals surface area contributed by atoms with Crippen LogP contribution in [0.5, 0.6) is 0 Å². The van der Waals surface area contributed by atoms with Crippen LogP contribution in [0.4, 0.5) is 11.5 Å². The van der Waals surface area contributed by atoms with E-state index in [1.54, 1.807) is 0 Å². The third-order valence-electron chi connectivity index (χ3n) is 1.76. The topological polar surface area (TPSA) is 37.0 Å². The Labute approximate surface area is 90.1 Å². The predicted molar refractivity (Wildman–Crippen MR) is 60.4 cm³/mol. The molecular formula is C8H13Cl2N3. The van der Waals surface area contributed by atoms with Crippen molar-refractivity contribution in [3.8, 4) is 0 Å². The molecule has 0 aromatic carbocycles. The molecular weight excluding hydrogens is 209 g/mol. The van der Waals surface area contributed by atoms with E-state index in [0.717, 1.165) is 24.6 Å². The van der Waals surface area contributed by atoms with Gasteiger partial charge in [-0.25, -0.2) is 4.98 Å². The molecule has 74 valence electrons. The zero-order valence-electron chi connectivity index (χ0n) is 7.33. The number of rotatable bonds is 0. The van der Waals surface area contributed by atoms with Crippen LogP contribution >= 0.6 is 24.8 Å². The molecule has 0 radical (unpaired) electrons. The Morgan fingerprint density at radius 2 is 1.92 bits per heavy atom. The quantitative estimate of drug-likeness (QED) is 0.705. The van der Waals surface area contributed by atoms with Crippen LogP contribution in [0.3, 0.4) is 0 Å². The first-order valence-corrected chi connectivity index (χ1v) is 3.80. The van der Waals surface area contributed by atoms with Gasteiger partial charge in [-0.05, 0) is 18.6 Å². The van der Waals surface area contributed by atoms with Crippen LogP contribution in [-0.4, -0.2) is 18.1 Å². The number of hydrogen-bond acceptors (Lipinski definition) is 3. The van der Waals surface area contributed by atoms with Gasteiger partial charge < -0.3 is 10.6 Å². The normalized spacial score (nSPS) is 12.4. The Hall–Kier alpha value is -0.670. The number of aromatic nitrogens is 1. The van der Waals surface area contributed by atoms with Crippen LogP contribution in [0.25, 0.3) is 0 Å². The van der Waals surface area contributed by atoms with Gasteiger partial charge in [0.2, 0.25) is 0 Å². The largest absolute Gasteiger partial charge is 0.380 e. The molecule has 2 heterocycles. The maximum Gasteiger partial charge on any atom is 0.149 e. The first-order valence-electron chi connectivity index (χ1n) is 3.80. The molecule has 0 bridgehead atoms. The second-order valence-electron chi connectivity index (χ2n) is 2.76. The molecule has 2 rings (SSSR count). The molecule has 0 saturated heterocycles. The molecule has 0 unspecified atom stereocenters. The second-order valence-corrected chi connectivity index (χ2v) is 2.76. The van der Waals surface area contributed by atoms with Gasteiger partial charge >= 0.3 is 0 Å². The molecule has 0 atom stereocenters. The summed E-state index contributed by atoms with van der Waals surface area (Å²) in [6.45, 7) is 3.99. The van der Waals surface area contributed by atoms with Gasteiger partial charge in [-0.15, -0.1) is 24.8 Å². The van der Waals surface area contributed by atoms with Crippen molar-refractivity contribution < 1.29 is 0 Å². The van der Waals surface area contributed by atoms with Gasteiger partial charge in [-0.2, -0.15) is 0 Å². The number of pyridine rings is 1. The maximum absolute atomic E-state index is 4.25. The number of nitrogens with zero attached hydrogens (tertiary/aromatic N) is 1. The molecule has 0 aliphatic carbocycles. The lowest BCUT2D eigenvalue weighted by Crippen LogP contribution is -2.21. The van der Waals surface area contributed by atoms with E-state index in [-0.39, 0.29) is 24.8 Å². The number of fused-ring (bicyclic) bond motifs is 1. The van der Waals surface area contributed by atoms with E-state index in [2.05, 4.69) is 21.7 Å². The van der Waals surface area contributed by atoms with Crippen molar-refractivity contribution in [1.29, 1.82) is 0 Å². The lowest BCUT2D eigenvalue weighted by atomic mass is 10.2. The summed E-state index contributed by atoms with van der Waals surface area (Å²) < 4.78 is 0. The van der Waals surface area contributed by atoms with E-state index in [1.807, 2.05) is 13.1 Å². The summed E-state index contributed by atoms with van der Waals surface area (Å²) in [6, 6.07) is 2.11. The molecule has 0 fully saturated rings. The van der Waals surface area contributed by atoms with E-state index >= 15 is 0 Å². The minimum atomic E-state index is 0. The summed E-state index contributed by atoms with van der Waals surface area (Å²) in [5.41, 5.74) is 2.32. The molecule has 1 aliphatic rings. The first kappa shape index (κ1) is 12.3. The molecule has 1 aromatic heterocycles. The zero-order valence-corrected chi connectivity index (χ0v) is 8.97. The van der Waals surface area contributed by atoms with Crippen molar-refractivity contribution in [1.82, 2.24) is 4.98 Å². The summed E-state index contributed by atoms with van der Waals surface area (Å²) >= 11 is 0. The maximum atomic E-state index is 4.25. The Kier molecular flexibility index (Phi) is 4.88. The van der Waals surface area contributed by atoms with Crippen molar-refractivity contribution in [2.45, 2.75) is 6.92 Å². The van der Waals surface area contributed by atoms with Gasteiger partial charge in [0.05, 0.1) is 5.69 Å². The molecule has 0 amide bonds. The minimum absolute atomic E-state index is 0. The van der Waals surface area contributed by atoms with Gasteiger partial charge in [0.15, 0.2) is 0 Å². The number of hydrogen-bond donors (Lipinski definition) is 2. The van der Waals surface area contributed by atoms with Crippen LogP contribution in [0.15, 0.2) is 12.3 Å². The van der Waals surface area contributed by atoms with E-state index in [0.29, 0.717) is 0 Å². The fourth-order valence-corrected chi connectivity index (χ4v) is 1.22. The third kappa shape index (κ3) is 2.64. The second kappa shape index (κ2) is 5.14. The number of halogens is 2. The Morgan fingerprint density at radius 1 is 1.23 bits per heavy atom. The highest BCUT2D eigenvalue weighted by molar-refractivity contribution is 5.85. The predicted octanol–water partition coefficient (Wildman–Crippen LogP) is 2.07. The fraction of sp³-hybridized carbons (Fsp3) is 0.375. The third-order valence-corrected chi connectivity index (χ3v) is 1.76. The van der Waals surface area contributed by atoms with Crippen molar-refractivity contribution in [3.63, 3.8) is 0 Å².